The fourth-order valence-corrected chi connectivity index (χ4v) is 3.87. The maximum Gasteiger partial charge on any atom is 0.270 e. The SMILES string of the molecule is CC#CCN1CCC(NC(=O)C(=N)c2cc(C3=CC=CC(F)[C@@H]3C)ccc2N)CC1. The van der Waals surface area contributed by atoms with Crippen LogP contribution in [-0.4, -0.2) is 48.4 Å². The number of anilines is 1. The average Bonchev–Trinajstić information content (AvgIpc) is 2.75. The molecule has 1 saturated heterocycles. The van der Waals surface area contributed by atoms with Crippen molar-refractivity contribution < 1.29 is 9.18 Å². The molecule has 1 aromatic rings. The number of amides is 1. The standard InChI is InChI=1S/C24H29FN4O/c1-3-4-12-29-13-10-18(11-14-29)28-24(30)23(27)20-15-17(8-9-22(20)26)19-6-5-7-21(25)16(19)2/h5-9,15-16,18,21,27H,10-14,26H2,1-2H3,(H,28,30)/t16-,21?/m1/s1. The van der Waals surface area contributed by atoms with E-state index in [1.54, 1.807) is 18.2 Å². The van der Waals surface area contributed by atoms with Gasteiger partial charge in [-0.2, -0.15) is 0 Å². The van der Waals surface area contributed by atoms with E-state index in [4.69, 9.17) is 11.1 Å². The zero-order chi connectivity index (χ0) is 21.7. The van der Waals surface area contributed by atoms with Crippen LogP contribution in [0.1, 0.15) is 37.8 Å². The summed E-state index contributed by atoms with van der Waals surface area (Å²) in [6.45, 7) is 6.15. The molecule has 5 nitrogen and oxygen atoms in total. The number of hydrogen-bond donors (Lipinski definition) is 3. The summed E-state index contributed by atoms with van der Waals surface area (Å²) in [6.07, 6.45) is 5.71. The molecule has 1 amide bonds. The summed E-state index contributed by atoms with van der Waals surface area (Å²) >= 11 is 0. The Kier molecular flexibility index (Phi) is 7.07. The van der Waals surface area contributed by atoms with Gasteiger partial charge in [-0.05, 0) is 43.0 Å². The molecule has 0 saturated carbocycles. The number of rotatable bonds is 5. The lowest BCUT2D eigenvalue weighted by atomic mass is 9.86. The van der Waals surface area contributed by atoms with Crippen LogP contribution in [0.5, 0.6) is 0 Å². The summed E-state index contributed by atoms with van der Waals surface area (Å²) < 4.78 is 14.1. The number of nitrogens with one attached hydrogen (secondary N) is 2. The Labute approximate surface area is 177 Å². The number of likely N-dealkylation sites (tertiary alicyclic amines) is 1. The maximum atomic E-state index is 14.1. The monoisotopic (exact) mass is 408 g/mol. The summed E-state index contributed by atoms with van der Waals surface area (Å²) in [5.74, 6) is 5.24. The highest BCUT2D eigenvalue weighted by atomic mass is 19.1. The minimum Gasteiger partial charge on any atom is -0.398 e. The van der Waals surface area contributed by atoms with E-state index in [0.717, 1.165) is 43.6 Å². The van der Waals surface area contributed by atoms with Crippen LogP contribution >= 0.6 is 0 Å². The number of halogens is 1. The van der Waals surface area contributed by atoms with Crippen molar-refractivity contribution in [3.05, 3.63) is 47.6 Å². The lowest BCUT2D eigenvalue weighted by molar-refractivity contribution is -0.115. The van der Waals surface area contributed by atoms with Crippen molar-refractivity contribution in [2.24, 2.45) is 5.92 Å². The van der Waals surface area contributed by atoms with E-state index in [-0.39, 0.29) is 17.7 Å². The molecule has 1 fully saturated rings. The molecule has 6 heteroatoms. The normalized spacial score (nSPS) is 22.0. The molecule has 0 radical (unpaired) electrons. The highest BCUT2D eigenvalue weighted by Crippen LogP contribution is 2.32. The number of benzene rings is 1. The van der Waals surface area contributed by atoms with E-state index in [1.807, 2.05) is 26.0 Å². The number of nitrogens with zero attached hydrogens (tertiary/aromatic N) is 1. The Hall–Kier alpha value is -2.91. The van der Waals surface area contributed by atoms with Crippen molar-refractivity contribution in [1.29, 1.82) is 5.41 Å². The van der Waals surface area contributed by atoms with Crippen LogP contribution in [-0.2, 0) is 4.79 Å². The number of carbonyl (C=O) groups is 1. The number of nitrogen functional groups attached to an aromatic ring is 1. The second-order valence-electron chi connectivity index (χ2n) is 7.87. The van der Waals surface area contributed by atoms with Crippen molar-refractivity contribution in [3.63, 3.8) is 0 Å². The highest BCUT2D eigenvalue weighted by molar-refractivity contribution is 6.45. The summed E-state index contributed by atoms with van der Waals surface area (Å²) in [5.41, 5.74) is 8.26. The molecule has 2 aliphatic rings. The molecule has 0 bridgehead atoms. The Morgan fingerprint density at radius 2 is 2.10 bits per heavy atom. The van der Waals surface area contributed by atoms with Crippen LogP contribution in [0.2, 0.25) is 0 Å². The third kappa shape index (κ3) is 4.98. The van der Waals surface area contributed by atoms with Gasteiger partial charge < -0.3 is 11.1 Å². The van der Waals surface area contributed by atoms with Crippen molar-refractivity contribution >= 4 is 22.9 Å². The summed E-state index contributed by atoms with van der Waals surface area (Å²) in [7, 11) is 0. The largest absolute Gasteiger partial charge is 0.398 e. The number of hydrogen-bond acceptors (Lipinski definition) is 4. The Balaban J connectivity index is 1.67. The molecule has 0 spiro atoms. The number of piperidine rings is 1. The number of alkyl halides is 1. The second-order valence-corrected chi connectivity index (χ2v) is 7.87. The van der Waals surface area contributed by atoms with Crippen LogP contribution < -0.4 is 11.1 Å². The fourth-order valence-electron chi connectivity index (χ4n) is 3.87. The third-order valence-corrected chi connectivity index (χ3v) is 5.82. The molecule has 1 aliphatic carbocycles. The first kappa shape index (κ1) is 21.8. The molecular weight excluding hydrogens is 379 g/mol. The third-order valence-electron chi connectivity index (χ3n) is 5.82. The van der Waals surface area contributed by atoms with Gasteiger partial charge in [0.1, 0.15) is 11.9 Å². The Morgan fingerprint density at radius 3 is 2.80 bits per heavy atom. The smallest absolute Gasteiger partial charge is 0.270 e. The van der Waals surface area contributed by atoms with Gasteiger partial charge in [-0.15, -0.1) is 5.92 Å². The van der Waals surface area contributed by atoms with E-state index in [9.17, 15) is 9.18 Å². The van der Waals surface area contributed by atoms with E-state index >= 15 is 0 Å². The molecule has 158 valence electrons. The molecule has 1 heterocycles. The van der Waals surface area contributed by atoms with Gasteiger partial charge in [0.05, 0.1) is 6.54 Å². The first-order valence-corrected chi connectivity index (χ1v) is 10.3. The Bertz CT molecular complexity index is 932. The van der Waals surface area contributed by atoms with Gasteiger partial charge in [0, 0.05) is 36.3 Å². The van der Waals surface area contributed by atoms with Crippen LogP contribution in [0, 0.1) is 23.2 Å². The molecular formula is C24H29FN4O. The van der Waals surface area contributed by atoms with E-state index < -0.39 is 12.1 Å². The van der Waals surface area contributed by atoms with Gasteiger partial charge in [-0.25, -0.2) is 4.39 Å². The number of allylic oxidation sites excluding steroid dienone is 4. The fraction of sp³-hybridized carbons (Fsp3) is 0.417. The van der Waals surface area contributed by atoms with Crippen molar-refractivity contribution in [3.8, 4) is 11.8 Å². The van der Waals surface area contributed by atoms with Crippen molar-refractivity contribution in [2.45, 2.75) is 38.9 Å². The average molecular weight is 409 g/mol. The van der Waals surface area contributed by atoms with Crippen LogP contribution in [0.4, 0.5) is 10.1 Å². The minimum atomic E-state index is -1.05. The van der Waals surface area contributed by atoms with Crippen molar-refractivity contribution in [1.82, 2.24) is 10.2 Å². The van der Waals surface area contributed by atoms with Gasteiger partial charge >= 0.3 is 0 Å². The minimum absolute atomic E-state index is 0.0339. The Morgan fingerprint density at radius 1 is 1.37 bits per heavy atom. The first-order chi connectivity index (χ1) is 14.4. The van der Waals surface area contributed by atoms with E-state index in [0.29, 0.717) is 11.3 Å². The first-order valence-electron chi connectivity index (χ1n) is 10.3. The molecule has 3 rings (SSSR count). The van der Waals surface area contributed by atoms with Gasteiger partial charge in [0.15, 0.2) is 0 Å². The van der Waals surface area contributed by atoms with Gasteiger partial charge in [0.2, 0.25) is 0 Å². The van der Waals surface area contributed by atoms with Gasteiger partial charge in [-0.3, -0.25) is 15.1 Å². The lowest BCUT2D eigenvalue weighted by Crippen LogP contribution is -2.46. The molecule has 1 aromatic carbocycles. The lowest BCUT2D eigenvalue weighted by Gasteiger charge is -2.31. The number of nitrogens with two attached hydrogens (primary N) is 1. The molecule has 0 aromatic heterocycles. The van der Waals surface area contributed by atoms with E-state index in [2.05, 4.69) is 22.1 Å². The predicted molar refractivity (Wildman–Crippen MR) is 120 cm³/mol. The van der Waals surface area contributed by atoms with Crippen LogP contribution in [0.15, 0.2) is 36.4 Å². The van der Waals surface area contributed by atoms with Gasteiger partial charge in [-0.1, -0.05) is 37.1 Å². The topological polar surface area (TPSA) is 82.2 Å². The number of carbonyl (C=O) groups excluding carboxylic acids is 1. The molecule has 2 atom stereocenters. The molecule has 4 N–H and O–H groups in total. The summed E-state index contributed by atoms with van der Waals surface area (Å²) in [5, 5.41) is 11.4. The summed E-state index contributed by atoms with van der Waals surface area (Å²) in [4.78, 5) is 15.0. The summed E-state index contributed by atoms with van der Waals surface area (Å²) in [6, 6.07) is 5.25. The zero-order valence-electron chi connectivity index (χ0n) is 17.5. The van der Waals surface area contributed by atoms with E-state index in [1.165, 1.54) is 6.08 Å². The molecule has 30 heavy (non-hydrogen) atoms. The highest BCUT2D eigenvalue weighted by Gasteiger charge is 2.25. The van der Waals surface area contributed by atoms with Gasteiger partial charge in [0.25, 0.3) is 5.91 Å². The maximum absolute atomic E-state index is 14.1. The van der Waals surface area contributed by atoms with Crippen LogP contribution in [0.25, 0.3) is 5.57 Å². The molecule has 1 aliphatic heterocycles. The molecule has 1 unspecified atom stereocenters. The quantitative estimate of drug-likeness (QED) is 0.398. The second kappa shape index (κ2) is 9.73. The predicted octanol–water partition coefficient (Wildman–Crippen LogP) is 3.17. The van der Waals surface area contributed by atoms with Crippen molar-refractivity contribution in [2.75, 3.05) is 25.4 Å². The zero-order valence-corrected chi connectivity index (χ0v) is 17.5. The van der Waals surface area contributed by atoms with Crippen LogP contribution in [0.3, 0.4) is 0 Å².